The standard InChI is InChI=1S/C9H11IN2/c10-7-2-3-8(12-6-7)9(11)4-1-5-9/h2-3,6H,1,4-5,11H2. The molecule has 1 saturated carbocycles. The lowest BCUT2D eigenvalue weighted by molar-refractivity contribution is 0.246. The van der Waals surface area contributed by atoms with Crippen molar-refractivity contribution in [3.63, 3.8) is 0 Å². The fourth-order valence-electron chi connectivity index (χ4n) is 1.48. The Bertz CT molecular complexity index is 277. The third-order valence-electron chi connectivity index (χ3n) is 2.48. The van der Waals surface area contributed by atoms with Crippen molar-refractivity contribution in [2.45, 2.75) is 24.8 Å². The Morgan fingerprint density at radius 3 is 2.58 bits per heavy atom. The summed E-state index contributed by atoms with van der Waals surface area (Å²) in [6.07, 6.45) is 5.29. The van der Waals surface area contributed by atoms with Crippen LogP contribution in [-0.2, 0) is 5.54 Å². The van der Waals surface area contributed by atoms with E-state index in [0.29, 0.717) is 0 Å². The maximum Gasteiger partial charge on any atom is 0.0603 e. The fourth-order valence-corrected chi connectivity index (χ4v) is 1.80. The van der Waals surface area contributed by atoms with Crippen molar-refractivity contribution < 1.29 is 0 Å². The van der Waals surface area contributed by atoms with Crippen LogP contribution in [0.5, 0.6) is 0 Å². The first kappa shape index (κ1) is 8.44. The molecular weight excluding hydrogens is 263 g/mol. The SMILES string of the molecule is NC1(c2ccc(I)cn2)CCC1. The van der Waals surface area contributed by atoms with Gasteiger partial charge in [-0.15, -0.1) is 0 Å². The molecule has 0 spiro atoms. The van der Waals surface area contributed by atoms with Crippen LogP contribution in [0.4, 0.5) is 0 Å². The monoisotopic (exact) mass is 274 g/mol. The summed E-state index contributed by atoms with van der Waals surface area (Å²) in [5.74, 6) is 0. The summed E-state index contributed by atoms with van der Waals surface area (Å²) in [6.45, 7) is 0. The summed E-state index contributed by atoms with van der Waals surface area (Å²) in [4.78, 5) is 4.34. The van der Waals surface area contributed by atoms with Crippen molar-refractivity contribution in [1.82, 2.24) is 4.98 Å². The molecule has 2 N–H and O–H groups in total. The largest absolute Gasteiger partial charge is 0.320 e. The Hall–Kier alpha value is -0.160. The minimum absolute atomic E-state index is 0.107. The van der Waals surface area contributed by atoms with Gasteiger partial charge in [0.2, 0.25) is 0 Å². The lowest BCUT2D eigenvalue weighted by Gasteiger charge is -2.37. The number of hydrogen-bond acceptors (Lipinski definition) is 2. The molecular formula is C9H11IN2. The van der Waals surface area contributed by atoms with Crippen molar-refractivity contribution in [2.75, 3.05) is 0 Å². The van der Waals surface area contributed by atoms with Crippen LogP contribution in [0.25, 0.3) is 0 Å². The van der Waals surface area contributed by atoms with Crippen LogP contribution < -0.4 is 5.73 Å². The molecule has 1 heterocycles. The average Bonchev–Trinajstić information content (AvgIpc) is 2.02. The topological polar surface area (TPSA) is 38.9 Å². The Balaban J connectivity index is 2.28. The maximum absolute atomic E-state index is 6.11. The average molecular weight is 274 g/mol. The van der Waals surface area contributed by atoms with Crippen LogP contribution in [-0.4, -0.2) is 4.98 Å². The number of nitrogens with two attached hydrogens (primary N) is 1. The molecule has 0 aliphatic heterocycles. The van der Waals surface area contributed by atoms with Crippen LogP contribution in [0.3, 0.4) is 0 Å². The van der Waals surface area contributed by atoms with Crippen molar-refractivity contribution in [2.24, 2.45) is 5.73 Å². The molecule has 1 aromatic rings. The van der Waals surface area contributed by atoms with E-state index in [9.17, 15) is 0 Å². The molecule has 0 amide bonds. The van der Waals surface area contributed by atoms with Crippen molar-refractivity contribution in [1.29, 1.82) is 0 Å². The number of aromatic nitrogens is 1. The highest BCUT2D eigenvalue weighted by Crippen LogP contribution is 2.37. The van der Waals surface area contributed by atoms with Crippen LogP contribution in [0, 0.1) is 3.57 Å². The van der Waals surface area contributed by atoms with Gasteiger partial charge in [0.15, 0.2) is 0 Å². The van der Waals surface area contributed by atoms with Gasteiger partial charge in [-0.05, 0) is 54.0 Å². The first-order valence-corrected chi connectivity index (χ1v) is 5.19. The van der Waals surface area contributed by atoms with Gasteiger partial charge in [-0.3, -0.25) is 4.98 Å². The Morgan fingerprint density at radius 2 is 2.17 bits per heavy atom. The molecule has 1 aliphatic rings. The van der Waals surface area contributed by atoms with Crippen LogP contribution >= 0.6 is 22.6 Å². The highest BCUT2D eigenvalue weighted by atomic mass is 127. The summed E-state index contributed by atoms with van der Waals surface area (Å²) in [7, 11) is 0. The van der Waals surface area contributed by atoms with Gasteiger partial charge >= 0.3 is 0 Å². The van der Waals surface area contributed by atoms with E-state index in [1.807, 2.05) is 12.3 Å². The molecule has 0 unspecified atom stereocenters. The third-order valence-corrected chi connectivity index (χ3v) is 3.12. The van der Waals surface area contributed by atoms with E-state index in [1.54, 1.807) is 0 Å². The molecule has 2 rings (SSSR count). The van der Waals surface area contributed by atoms with Crippen LogP contribution in [0.15, 0.2) is 18.3 Å². The predicted octanol–water partition coefficient (Wildman–Crippen LogP) is 2.02. The Labute approximate surface area is 85.7 Å². The van der Waals surface area contributed by atoms with E-state index in [4.69, 9.17) is 5.73 Å². The predicted molar refractivity (Wildman–Crippen MR) is 56.7 cm³/mol. The minimum atomic E-state index is -0.107. The fraction of sp³-hybridized carbons (Fsp3) is 0.444. The highest BCUT2D eigenvalue weighted by Gasteiger charge is 2.35. The smallest absolute Gasteiger partial charge is 0.0603 e. The first-order valence-electron chi connectivity index (χ1n) is 4.12. The van der Waals surface area contributed by atoms with Gasteiger partial charge in [0.1, 0.15) is 0 Å². The minimum Gasteiger partial charge on any atom is -0.320 e. The van der Waals surface area contributed by atoms with Gasteiger partial charge in [-0.2, -0.15) is 0 Å². The first-order chi connectivity index (χ1) is 5.71. The zero-order valence-corrected chi connectivity index (χ0v) is 8.91. The van der Waals surface area contributed by atoms with Gasteiger partial charge < -0.3 is 5.73 Å². The molecule has 1 aromatic heterocycles. The van der Waals surface area contributed by atoms with Crippen molar-refractivity contribution in [3.8, 4) is 0 Å². The quantitative estimate of drug-likeness (QED) is 0.796. The lowest BCUT2D eigenvalue weighted by Crippen LogP contribution is -2.43. The summed E-state index contributed by atoms with van der Waals surface area (Å²) in [5.41, 5.74) is 7.05. The molecule has 64 valence electrons. The van der Waals surface area contributed by atoms with Crippen LogP contribution in [0.1, 0.15) is 25.0 Å². The molecule has 0 saturated heterocycles. The summed E-state index contributed by atoms with van der Waals surface area (Å²) < 4.78 is 1.17. The van der Waals surface area contributed by atoms with Crippen LogP contribution in [0.2, 0.25) is 0 Å². The molecule has 0 bridgehead atoms. The molecule has 12 heavy (non-hydrogen) atoms. The normalized spacial score (nSPS) is 20.2. The van der Waals surface area contributed by atoms with Crippen molar-refractivity contribution in [3.05, 3.63) is 27.6 Å². The number of rotatable bonds is 1. The molecule has 1 fully saturated rings. The Kier molecular flexibility index (Phi) is 2.08. The van der Waals surface area contributed by atoms with E-state index >= 15 is 0 Å². The molecule has 3 heteroatoms. The van der Waals surface area contributed by atoms with Gasteiger partial charge in [0.25, 0.3) is 0 Å². The van der Waals surface area contributed by atoms with E-state index in [0.717, 1.165) is 18.5 Å². The molecule has 2 nitrogen and oxygen atoms in total. The van der Waals surface area contributed by atoms with Gasteiger partial charge in [-0.1, -0.05) is 0 Å². The molecule has 0 atom stereocenters. The lowest BCUT2D eigenvalue weighted by atomic mass is 9.75. The second-order valence-corrected chi connectivity index (χ2v) is 4.62. The van der Waals surface area contributed by atoms with E-state index in [-0.39, 0.29) is 5.54 Å². The molecule has 0 aromatic carbocycles. The summed E-state index contributed by atoms with van der Waals surface area (Å²) in [5, 5.41) is 0. The molecule has 0 radical (unpaired) electrons. The van der Waals surface area contributed by atoms with E-state index in [1.165, 1.54) is 9.99 Å². The third kappa shape index (κ3) is 1.35. The zero-order valence-electron chi connectivity index (χ0n) is 6.76. The van der Waals surface area contributed by atoms with Gasteiger partial charge in [0.05, 0.1) is 11.2 Å². The number of nitrogens with zero attached hydrogens (tertiary/aromatic N) is 1. The van der Waals surface area contributed by atoms with Gasteiger partial charge in [0, 0.05) is 9.77 Å². The number of pyridine rings is 1. The maximum atomic E-state index is 6.11. The summed E-state index contributed by atoms with van der Waals surface area (Å²) in [6, 6.07) is 4.11. The van der Waals surface area contributed by atoms with Gasteiger partial charge in [-0.25, -0.2) is 0 Å². The number of halogens is 1. The molecule has 1 aliphatic carbocycles. The van der Waals surface area contributed by atoms with E-state index < -0.39 is 0 Å². The zero-order chi connectivity index (χ0) is 8.60. The Morgan fingerprint density at radius 1 is 1.42 bits per heavy atom. The van der Waals surface area contributed by atoms with E-state index in [2.05, 4.69) is 33.6 Å². The second-order valence-electron chi connectivity index (χ2n) is 3.37. The number of hydrogen-bond donors (Lipinski definition) is 1. The highest BCUT2D eigenvalue weighted by molar-refractivity contribution is 14.1. The second kappa shape index (κ2) is 2.96. The van der Waals surface area contributed by atoms with Crippen molar-refractivity contribution >= 4 is 22.6 Å². The summed E-state index contributed by atoms with van der Waals surface area (Å²) >= 11 is 2.25.